The molecule has 1 N–H and O–H groups in total. The number of methoxy groups -OCH3 is 1. The molecule has 1 amide bonds. The molecule has 0 aliphatic heterocycles. The summed E-state index contributed by atoms with van der Waals surface area (Å²) in [6, 6.07) is 19.1. The van der Waals surface area contributed by atoms with Gasteiger partial charge in [-0.15, -0.1) is 0 Å². The Morgan fingerprint density at radius 3 is 2.49 bits per heavy atom. The van der Waals surface area contributed by atoms with E-state index in [4.69, 9.17) is 16.3 Å². The molecule has 186 valence electrons. The van der Waals surface area contributed by atoms with Gasteiger partial charge in [0.15, 0.2) is 0 Å². The summed E-state index contributed by atoms with van der Waals surface area (Å²) in [6.07, 6.45) is 0.657. The average molecular weight is 537 g/mol. The number of anilines is 1. The number of hydrogen-bond acceptors (Lipinski definition) is 5. The fourth-order valence-corrected chi connectivity index (χ4v) is 5.86. The first-order valence-electron chi connectivity index (χ1n) is 10.8. The fourth-order valence-electron chi connectivity index (χ4n) is 3.23. The van der Waals surface area contributed by atoms with E-state index in [1.165, 1.54) is 37.4 Å². The molecule has 3 aromatic rings. The fraction of sp³-hybridized carbons (Fsp3) is 0.240. The lowest BCUT2D eigenvalue weighted by Crippen LogP contribution is -2.41. The molecular weight excluding hydrogens is 511 g/mol. The van der Waals surface area contributed by atoms with Crippen LogP contribution in [0.15, 0.2) is 77.7 Å². The van der Waals surface area contributed by atoms with Crippen molar-refractivity contribution in [2.24, 2.45) is 0 Å². The van der Waals surface area contributed by atoms with E-state index in [-0.39, 0.29) is 21.4 Å². The van der Waals surface area contributed by atoms with Crippen LogP contribution < -0.4 is 14.4 Å². The van der Waals surface area contributed by atoms with Gasteiger partial charge in [0.05, 0.1) is 22.7 Å². The summed E-state index contributed by atoms with van der Waals surface area (Å²) in [5.74, 6) is 0.975. The largest absolute Gasteiger partial charge is 0.495 e. The molecule has 0 heterocycles. The normalized spacial score (nSPS) is 11.2. The molecular formula is C25H26ClFN2O4S2. The van der Waals surface area contributed by atoms with Crippen LogP contribution in [-0.4, -0.2) is 40.3 Å². The zero-order valence-corrected chi connectivity index (χ0v) is 21.5. The molecule has 0 fully saturated rings. The van der Waals surface area contributed by atoms with Crippen LogP contribution in [0.2, 0.25) is 5.02 Å². The van der Waals surface area contributed by atoms with E-state index >= 15 is 0 Å². The van der Waals surface area contributed by atoms with E-state index in [2.05, 4.69) is 5.32 Å². The minimum atomic E-state index is -4.03. The number of carbonyl (C=O) groups excluding carboxylic acids is 1. The average Bonchev–Trinajstić information content (AvgIpc) is 2.86. The van der Waals surface area contributed by atoms with E-state index in [1.54, 1.807) is 54.2 Å². The molecule has 0 unspecified atom stereocenters. The van der Waals surface area contributed by atoms with E-state index in [0.717, 1.165) is 4.31 Å². The third-order valence-electron chi connectivity index (χ3n) is 5.04. The van der Waals surface area contributed by atoms with E-state index in [9.17, 15) is 17.6 Å². The molecule has 3 rings (SSSR count). The molecule has 0 radical (unpaired) electrons. The van der Waals surface area contributed by atoms with Gasteiger partial charge in [0, 0.05) is 12.3 Å². The lowest BCUT2D eigenvalue weighted by Gasteiger charge is -2.24. The van der Waals surface area contributed by atoms with Crippen molar-refractivity contribution in [2.75, 3.05) is 30.3 Å². The highest BCUT2D eigenvalue weighted by Gasteiger charge is 2.27. The predicted octanol–water partition coefficient (Wildman–Crippen LogP) is 5.12. The zero-order chi connectivity index (χ0) is 25.3. The maximum absolute atomic E-state index is 13.7. The molecule has 0 aliphatic rings. The first kappa shape index (κ1) is 26.8. The number of nitrogens with one attached hydrogen (secondary N) is 1. The summed E-state index contributed by atoms with van der Waals surface area (Å²) >= 11 is 7.78. The molecule has 35 heavy (non-hydrogen) atoms. The minimum Gasteiger partial charge on any atom is -0.495 e. The molecule has 0 saturated heterocycles. The van der Waals surface area contributed by atoms with Crippen LogP contribution in [0.5, 0.6) is 5.75 Å². The molecule has 0 bridgehead atoms. The summed E-state index contributed by atoms with van der Waals surface area (Å²) in [4.78, 5) is 12.7. The number of thioether (sulfide) groups is 1. The van der Waals surface area contributed by atoms with Crippen molar-refractivity contribution in [3.63, 3.8) is 0 Å². The van der Waals surface area contributed by atoms with Crippen LogP contribution >= 0.6 is 23.4 Å². The minimum absolute atomic E-state index is 0.0595. The number of sulfonamides is 1. The standard InChI is InChI=1S/C25H26ClFN2O4S2/c1-33-24-13-12-20(16-22(24)26)29(35(31,32)21-9-3-2-4-10-21)17-25(30)28-14-7-15-34-18-19-8-5-6-11-23(19)27/h2-6,8-13,16H,7,14-15,17-18H2,1H3,(H,28,30). The van der Waals surface area contributed by atoms with Crippen LogP contribution in [0.1, 0.15) is 12.0 Å². The Hall–Kier alpha value is -2.75. The molecule has 0 spiro atoms. The Labute approximate surface area is 214 Å². The van der Waals surface area contributed by atoms with Gasteiger partial charge >= 0.3 is 0 Å². The molecule has 3 aromatic carbocycles. The van der Waals surface area contributed by atoms with Crippen molar-refractivity contribution >= 4 is 45.0 Å². The lowest BCUT2D eigenvalue weighted by molar-refractivity contribution is -0.119. The maximum atomic E-state index is 13.7. The number of rotatable bonds is 12. The van der Waals surface area contributed by atoms with Crippen molar-refractivity contribution in [1.82, 2.24) is 5.32 Å². The van der Waals surface area contributed by atoms with Crippen LogP contribution in [0.3, 0.4) is 0 Å². The van der Waals surface area contributed by atoms with Crippen molar-refractivity contribution in [3.8, 4) is 5.75 Å². The molecule has 0 aromatic heterocycles. The van der Waals surface area contributed by atoms with Crippen LogP contribution in [-0.2, 0) is 20.6 Å². The third kappa shape index (κ3) is 7.37. The molecule has 0 atom stereocenters. The second kappa shape index (κ2) is 12.8. The molecule has 0 saturated carbocycles. The van der Waals surface area contributed by atoms with E-state index in [1.807, 2.05) is 0 Å². The summed E-state index contributed by atoms with van der Waals surface area (Å²) < 4.78 is 46.6. The highest BCUT2D eigenvalue weighted by molar-refractivity contribution is 7.98. The number of hydrogen-bond donors (Lipinski definition) is 1. The lowest BCUT2D eigenvalue weighted by atomic mass is 10.2. The molecule has 0 aliphatic carbocycles. The Morgan fingerprint density at radius 1 is 1.09 bits per heavy atom. The Bertz CT molecular complexity index is 1240. The van der Waals surface area contributed by atoms with Gasteiger partial charge in [-0.3, -0.25) is 9.10 Å². The molecule has 10 heteroatoms. The van der Waals surface area contributed by atoms with Gasteiger partial charge in [0.2, 0.25) is 5.91 Å². The number of halogens is 2. The zero-order valence-electron chi connectivity index (χ0n) is 19.1. The number of nitrogens with zero attached hydrogens (tertiary/aromatic N) is 1. The van der Waals surface area contributed by atoms with Gasteiger partial charge in [-0.05, 0) is 54.1 Å². The highest BCUT2D eigenvalue weighted by Crippen LogP contribution is 2.31. The quantitative estimate of drug-likeness (QED) is 0.325. The summed E-state index contributed by atoms with van der Waals surface area (Å²) in [7, 11) is -2.57. The first-order chi connectivity index (χ1) is 16.8. The van der Waals surface area contributed by atoms with Gasteiger partial charge in [0.25, 0.3) is 10.0 Å². The van der Waals surface area contributed by atoms with Gasteiger partial charge in [-0.1, -0.05) is 48.0 Å². The first-order valence-corrected chi connectivity index (χ1v) is 13.8. The van der Waals surface area contributed by atoms with Crippen LogP contribution in [0.25, 0.3) is 0 Å². The second-order valence-electron chi connectivity index (χ2n) is 7.49. The number of amides is 1. The predicted molar refractivity (Wildman–Crippen MR) is 139 cm³/mol. The summed E-state index contributed by atoms with van der Waals surface area (Å²) in [6.45, 7) is -0.0477. The Kier molecular flexibility index (Phi) is 9.83. The van der Waals surface area contributed by atoms with Gasteiger partial charge < -0.3 is 10.1 Å². The summed E-state index contributed by atoms with van der Waals surface area (Å²) in [5.41, 5.74) is 0.886. The summed E-state index contributed by atoms with van der Waals surface area (Å²) in [5, 5.41) is 2.99. The SMILES string of the molecule is COc1ccc(N(CC(=O)NCCCSCc2ccccc2F)S(=O)(=O)c2ccccc2)cc1Cl. The monoisotopic (exact) mass is 536 g/mol. The van der Waals surface area contributed by atoms with Crippen molar-refractivity contribution in [1.29, 1.82) is 0 Å². The number of benzene rings is 3. The Balaban J connectivity index is 1.62. The van der Waals surface area contributed by atoms with Gasteiger partial charge in [-0.2, -0.15) is 11.8 Å². The third-order valence-corrected chi connectivity index (χ3v) is 8.22. The van der Waals surface area contributed by atoms with Crippen LogP contribution in [0.4, 0.5) is 10.1 Å². The number of carbonyl (C=O) groups is 1. The van der Waals surface area contributed by atoms with E-state index < -0.39 is 22.5 Å². The van der Waals surface area contributed by atoms with Crippen molar-refractivity contribution in [2.45, 2.75) is 17.1 Å². The maximum Gasteiger partial charge on any atom is 0.264 e. The smallest absolute Gasteiger partial charge is 0.264 e. The van der Waals surface area contributed by atoms with Gasteiger partial charge in [-0.25, -0.2) is 12.8 Å². The van der Waals surface area contributed by atoms with Gasteiger partial charge in [0.1, 0.15) is 18.1 Å². The topological polar surface area (TPSA) is 75.7 Å². The van der Waals surface area contributed by atoms with Crippen molar-refractivity contribution < 1.29 is 22.3 Å². The van der Waals surface area contributed by atoms with Crippen LogP contribution in [0, 0.1) is 5.82 Å². The number of ether oxygens (including phenoxy) is 1. The van der Waals surface area contributed by atoms with E-state index in [0.29, 0.717) is 35.8 Å². The van der Waals surface area contributed by atoms with Crippen molar-refractivity contribution in [3.05, 3.63) is 89.2 Å². The Morgan fingerprint density at radius 2 is 1.80 bits per heavy atom. The molecule has 6 nitrogen and oxygen atoms in total. The highest BCUT2D eigenvalue weighted by atomic mass is 35.5. The second-order valence-corrected chi connectivity index (χ2v) is 10.9.